The van der Waals surface area contributed by atoms with Crippen LogP contribution in [0.25, 0.3) is 0 Å². The molecule has 0 spiro atoms. The highest BCUT2D eigenvalue weighted by atomic mass is 35.5. The van der Waals surface area contributed by atoms with Gasteiger partial charge in [-0.05, 0) is 43.2 Å². The van der Waals surface area contributed by atoms with E-state index in [1.54, 1.807) is 0 Å². The highest BCUT2D eigenvalue weighted by molar-refractivity contribution is 7.92. The average Bonchev–Trinajstić information content (AvgIpc) is 2.79. The SMILES string of the molecule is COC(=O)CCNC(=O)CC1(O)CC(S(=O)(=O)c2cc(C(=O)Nc3ccc(F)c(F)c3)ccc2Cl)C1. The second kappa shape index (κ2) is 10.9. The maximum absolute atomic E-state index is 13.4. The summed E-state index contributed by atoms with van der Waals surface area (Å²) in [5.74, 6) is -4.09. The van der Waals surface area contributed by atoms with Crippen LogP contribution >= 0.6 is 11.6 Å². The molecular weight excluding hydrogens is 522 g/mol. The Balaban J connectivity index is 1.66. The molecule has 13 heteroatoms. The fourth-order valence-electron chi connectivity index (χ4n) is 3.74. The van der Waals surface area contributed by atoms with Crippen LogP contribution < -0.4 is 10.6 Å². The van der Waals surface area contributed by atoms with Gasteiger partial charge in [0, 0.05) is 23.9 Å². The van der Waals surface area contributed by atoms with Gasteiger partial charge in [-0.1, -0.05) is 11.6 Å². The van der Waals surface area contributed by atoms with Crippen molar-refractivity contribution in [2.45, 2.75) is 41.4 Å². The third kappa shape index (κ3) is 6.37. The van der Waals surface area contributed by atoms with Crippen molar-refractivity contribution < 1.29 is 41.4 Å². The van der Waals surface area contributed by atoms with E-state index in [9.17, 15) is 36.7 Å². The number of hydrogen-bond acceptors (Lipinski definition) is 7. The molecule has 0 radical (unpaired) electrons. The van der Waals surface area contributed by atoms with E-state index in [0.29, 0.717) is 0 Å². The minimum absolute atomic E-state index is 0.0122. The zero-order valence-corrected chi connectivity index (χ0v) is 20.6. The Bertz CT molecular complexity index is 1300. The van der Waals surface area contributed by atoms with E-state index in [4.69, 9.17) is 11.6 Å². The summed E-state index contributed by atoms with van der Waals surface area (Å²) in [4.78, 5) is 35.3. The van der Waals surface area contributed by atoms with Gasteiger partial charge in [-0.2, -0.15) is 0 Å². The van der Waals surface area contributed by atoms with Crippen LogP contribution in [-0.2, 0) is 24.2 Å². The summed E-state index contributed by atoms with van der Waals surface area (Å²) in [5.41, 5.74) is -1.68. The zero-order valence-electron chi connectivity index (χ0n) is 19.0. The Morgan fingerprint density at radius 3 is 2.47 bits per heavy atom. The highest BCUT2D eigenvalue weighted by Crippen LogP contribution is 2.43. The van der Waals surface area contributed by atoms with E-state index >= 15 is 0 Å². The van der Waals surface area contributed by atoms with Crippen LogP contribution in [0.15, 0.2) is 41.3 Å². The number of hydrogen-bond donors (Lipinski definition) is 3. The molecule has 1 saturated carbocycles. The molecule has 0 aliphatic heterocycles. The van der Waals surface area contributed by atoms with E-state index in [0.717, 1.165) is 24.3 Å². The van der Waals surface area contributed by atoms with Crippen LogP contribution in [0.2, 0.25) is 5.02 Å². The minimum atomic E-state index is -4.09. The standard InChI is InChI=1S/C23H23ClF2N2O7S/c1-35-21(30)6-7-27-20(29)12-23(32)10-15(11-23)36(33,34)19-8-13(2-4-16(19)24)22(31)28-14-3-5-17(25)18(26)9-14/h2-5,8-9,15,32H,6-7,10-12H2,1H3,(H,27,29)(H,28,31). The summed E-state index contributed by atoms with van der Waals surface area (Å²) in [7, 11) is -2.88. The van der Waals surface area contributed by atoms with Gasteiger partial charge in [0.1, 0.15) is 0 Å². The number of halogens is 3. The Hall–Kier alpha value is -3.09. The predicted octanol–water partition coefficient (Wildman–Crippen LogP) is 2.61. The second-order valence-electron chi connectivity index (χ2n) is 8.38. The number of esters is 1. The molecule has 0 atom stereocenters. The molecule has 0 aromatic heterocycles. The van der Waals surface area contributed by atoms with Crippen LogP contribution in [0.1, 0.15) is 36.0 Å². The smallest absolute Gasteiger partial charge is 0.307 e. The Labute approximate surface area is 210 Å². The van der Waals surface area contributed by atoms with Gasteiger partial charge < -0.3 is 20.5 Å². The van der Waals surface area contributed by atoms with Gasteiger partial charge in [-0.25, -0.2) is 17.2 Å². The molecule has 3 N–H and O–H groups in total. The summed E-state index contributed by atoms with van der Waals surface area (Å²) < 4.78 is 57.2. The minimum Gasteiger partial charge on any atom is -0.469 e. The van der Waals surface area contributed by atoms with Crippen molar-refractivity contribution in [3.8, 4) is 0 Å². The number of anilines is 1. The number of sulfone groups is 1. The first-order valence-corrected chi connectivity index (χ1v) is 12.6. The fourth-order valence-corrected chi connectivity index (χ4v) is 6.23. The third-order valence-corrected chi connectivity index (χ3v) is 8.30. The number of carbonyl (C=O) groups excluding carboxylic acids is 3. The van der Waals surface area contributed by atoms with Crippen LogP contribution in [0.5, 0.6) is 0 Å². The number of amides is 2. The van der Waals surface area contributed by atoms with Gasteiger partial charge >= 0.3 is 5.97 Å². The maximum atomic E-state index is 13.4. The van der Waals surface area contributed by atoms with Gasteiger partial charge in [0.2, 0.25) is 5.91 Å². The third-order valence-electron chi connectivity index (χ3n) is 5.70. The molecule has 1 fully saturated rings. The molecule has 194 valence electrons. The van der Waals surface area contributed by atoms with Crippen molar-refractivity contribution in [1.82, 2.24) is 5.32 Å². The molecule has 2 amide bonds. The Morgan fingerprint density at radius 2 is 1.83 bits per heavy atom. The van der Waals surface area contributed by atoms with Gasteiger partial charge in [0.05, 0.1) is 40.7 Å². The van der Waals surface area contributed by atoms with Crippen molar-refractivity contribution in [2.75, 3.05) is 19.0 Å². The number of rotatable bonds is 9. The normalized spacial score (nSPS) is 19.2. The van der Waals surface area contributed by atoms with Gasteiger partial charge in [0.15, 0.2) is 21.5 Å². The van der Waals surface area contributed by atoms with Crippen LogP contribution in [0, 0.1) is 11.6 Å². The maximum Gasteiger partial charge on any atom is 0.307 e. The molecule has 0 bridgehead atoms. The lowest BCUT2D eigenvalue weighted by Crippen LogP contribution is -2.53. The van der Waals surface area contributed by atoms with E-state index in [2.05, 4.69) is 15.4 Å². The van der Waals surface area contributed by atoms with Crippen molar-refractivity contribution >= 4 is 44.9 Å². The second-order valence-corrected chi connectivity index (χ2v) is 11.0. The summed E-state index contributed by atoms with van der Waals surface area (Å²) in [6.45, 7) is 0.0122. The topological polar surface area (TPSA) is 139 Å². The van der Waals surface area contributed by atoms with Crippen LogP contribution in [0.4, 0.5) is 14.5 Å². The number of nitrogens with one attached hydrogen (secondary N) is 2. The first-order chi connectivity index (χ1) is 16.8. The number of carbonyl (C=O) groups is 3. The highest BCUT2D eigenvalue weighted by Gasteiger charge is 2.50. The lowest BCUT2D eigenvalue weighted by Gasteiger charge is -2.42. The number of benzene rings is 2. The molecule has 0 heterocycles. The lowest BCUT2D eigenvalue weighted by molar-refractivity contribution is -0.140. The fraction of sp³-hybridized carbons (Fsp3) is 0.348. The number of aliphatic hydroxyl groups is 1. The van der Waals surface area contributed by atoms with E-state index in [1.165, 1.54) is 19.2 Å². The van der Waals surface area contributed by atoms with E-state index in [1.807, 2.05) is 0 Å². The Morgan fingerprint density at radius 1 is 1.14 bits per heavy atom. The summed E-state index contributed by atoms with van der Waals surface area (Å²) >= 11 is 6.09. The average molecular weight is 545 g/mol. The molecule has 2 aromatic carbocycles. The predicted molar refractivity (Wildman–Crippen MR) is 125 cm³/mol. The first-order valence-electron chi connectivity index (χ1n) is 10.7. The zero-order chi connectivity index (χ0) is 26.7. The van der Waals surface area contributed by atoms with Crippen molar-refractivity contribution in [3.63, 3.8) is 0 Å². The van der Waals surface area contributed by atoms with Crippen LogP contribution in [0.3, 0.4) is 0 Å². The van der Waals surface area contributed by atoms with Gasteiger partial charge in [-0.3, -0.25) is 14.4 Å². The van der Waals surface area contributed by atoms with E-state index < -0.39 is 50.1 Å². The largest absolute Gasteiger partial charge is 0.469 e. The molecule has 1 aliphatic carbocycles. The lowest BCUT2D eigenvalue weighted by atomic mass is 9.77. The number of ether oxygens (including phenoxy) is 1. The summed E-state index contributed by atoms with van der Waals surface area (Å²) in [6, 6.07) is 6.30. The van der Waals surface area contributed by atoms with Crippen molar-refractivity contribution in [3.05, 3.63) is 58.6 Å². The molecular formula is C23H23ClF2N2O7S. The molecule has 9 nitrogen and oxygen atoms in total. The van der Waals surface area contributed by atoms with Gasteiger partial charge in [-0.15, -0.1) is 0 Å². The monoisotopic (exact) mass is 544 g/mol. The number of methoxy groups -OCH3 is 1. The van der Waals surface area contributed by atoms with Crippen molar-refractivity contribution in [1.29, 1.82) is 0 Å². The molecule has 3 rings (SSSR count). The molecule has 36 heavy (non-hydrogen) atoms. The first kappa shape index (κ1) is 27.5. The van der Waals surface area contributed by atoms with Gasteiger partial charge in [0.25, 0.3) is 5.91 Å². The van der Waals surface area contributed by atoms with E-state index in [-0.39, 0.29) is 53.4 Å². The summed E-state index contributed by atoms with van der Waals surface area (Å²) in [6.07, 6.45) is -0.872. The van der Waals surface area contributed by atoms with Crippen LogP contribution in [-0.4, -0.2) is 55.8 Å². The molecule has 1 aliphatic rings. The van der Waals surface area contributed by atoms with Crippen molar-refractivity contribution in [2.24, 2.45) is 0 Å². The Kier molecular flexibility index (Phi) is 8.32. The molecule has 2 aromatic rings. The molecule has 0 saturated heterocycles. The summed E-state index contributed by atoms with van der Waals surface area (Å²) in [5, 5.41) is 14.2. The molecule has 0 unspecified atom stereocenters. The quantitative estimate of drug-likeness (QED) is 0.412.